The van der Waals surface area contributed by atoms with Crippen LogP contribution in [0, 0.1) is 0 Å². The predicted molar refractivity (Wildman–Crippen MR) is 106 cm³/mol. The van der Waals surface area contributed by atoms with E-state index in [1.165, 1.54) is 6.26 Å². The van der Waals surface area contributed by atoms with E-state index >= 15 is 0 Å². The second-order valence-electron chi connectivity index (χ2n) is 6.64. The van der Waals surface area contributed by atoms with Crippen molar-refractivity contribution in [3.8, 4) is 11.5 Å². The molecule has 0 radical (unpaired) electrons. The Morgan fingerprint density at radius 1 is 1.10 bits per heavy atom. The van der Waals surface area contributed by atoms with Gasteiger partial charge in [0.15, 0.2) is 12.4 Å². The Hall–Kier alpha value is -3.80. The second kappa shape index (κ2) is 8.06. The van der Waals surface area contributed by atoms with E-state index in [2.05, 4.69) is 0 Å². The lowest BCUT2D eigenvalue weighted by Gasteiger charge is -2.17. The van der Waals surface area contributed by atoms with Crippen molar-refractivity contribution in [2.45, 2.75) is 6.54 Å². The number of hydrogen-bond acceptors (Lipinski definition) is 5. The van der Waals surface area contributed by atoms with Crippen LogP contribution in [-0.4, -0.2) is 30.2 Å². The first kappa shape index (κ1) is 18.6. The quantitative estimate of drug-likeness (QED) is 0.598. The normalized spacial score (nSPS) is 13.8. The molecule has 0 saturated carbocycles. The molecule has 0 aliphatic carbocycles. The topological polar surface area (TPSA) is 69.0 Å². The highest BCUT2D eigenvalue weighted by Gasteiger charge is 2.28. The molecular formula is C23H19NO5. The molecule has 0 saturated heterocycles. The molecule has 0 bridgehead atoms. The average Bonchev–Trinajstić information content (AvgIpc) is 3.35. The molecule has 6 heteroatoms. The third-order valence-corrected chi connectivity index (χ3v) is 4.51. The molecule has 3 aromatic rings. The van der Waals surface area contributed by atoms with Gasteiger partial charge in [0.1, 0.15) is 17.3 Å². The Balaban J connectivity index is 1.38. The number of amides is 1. The van der Waals surface area contributed by atoms with E-state index in [1.807, 2.05) is 30.3 Å². The van der Waals surface area contributed by atoms with Crippen LogP contribution in [0.2, 0.25) is 0 Å². The third-order valence-electron chi connectivity index (χ3n) is 4.51. The number of nitrogens with zero attached hydrogens (tertiary/aromatic N) is 1. The molecule has 0 spiro atoms. The smallest absolute Gasteiger partial charge is 0.260 e. The number of furan rings is 1. The lowest BCUT2D eigenvalue weighted by Crippen LogP contribution is -2.30. The summed E-state index contributed by atoms with van der Waals surface area (Å²) in [5.41, 5.74) is 1.49. The minimum atomic E-state index is -0.221. The standard InChI is InChI=1S/C23H19NO5/c1-24(14-16-6-3-2-4-7-16)22(25)15-28-18-9-10-19-20(12-18)29-21(23(19)26)13-17-8-5-11-27-17/h2-13H,14-15H2,1H3. The Morgan fingerprint density at radius 2 is 1.93 bits per heavy atom. The zero-order valence-electron chi connectivity index (χ0n) is 15.8. The van der Waals surface area contributed by atoms with Gasteiger partial charge in [-0.1, -0.05) is 30.3 Å². The molecule has 146 valence electrons. The summed E-state index contributed by atoms with van der Waals surface area (Å²) >= 11 is 0. The number of allylic oxidation sites excluding steroid dienone is 1. The Bertz CT molecular complexity index is 1050. The Morgan fingerprint density at radius 3 is 2.69 bits per heavy atom. The number of Topliss-reactive ketones (excluding diaryl/α,β-unsaturated/α-hetero) is 1. The maximum atomic E-state index is 12.4. The predicted octanol–water partition coefficient (Wildman–Crippen LogP) is 3.93. The third kappa shape index (κ3) is 4.21. The van der Waals surface area contributed by atoms with Crippen molar-refractivity contribution in [3.63, 3.8) is 0 Å². The summed E-state index contributed by atoms with van der Waals surface area (Å²) in [6.45, 7) is 0.400. The van der Waals surface area contributed by atoms with Crippen molar-refractivity contribution < 1.29 is 23.5 Å². The average molecular weight is 389 g/mol. The van der Waals surface area contributed by atoms with E-state index in [0.717, 1.165) is 5.56 Å². The molecule has 0 N–H and O–H groups in total. The fourth-order valence-corrected chi connectivity index (χ4v) is 2.96. The van der Waals surface area contributed by atoms with Crippen molar-refractivity contribution in [1.82, 2.24) is 4.90 Å². The van der Waals surface area contributed by atoms with Crippen LogP contribution in [0.5, 0.6) is 11.5 Å². The van der Waals surface area contributed by atoms with Crippen LogP contribution >= 0.6 is 0 Å². The maximum absolute atomic E-state index is 12.4. The van der Waals surface area contributed by atoms with Crippen LogP contribution < -0.4 is 9.47 Å². The summed E-state index contributed by atoms with van der Waals surface area (Å²) in [5, 5.41) is 0. The molecule has 2 heterocycles. The van der Waals surface area contributed by atoms with Gasteiger partial charge < -0.3 is 18.8 Å². The maximum Gasteiger partial charge on any atom is 0.260 e. The van der Waals surface area contributed by atoms with Crippen molar-refractivity contribution in [2.24, 2.45) is 0 Å². The largest absolute Gasteiger partial charge is 0.484 e. The first-order valence-electron chi connectivity index (χ1n) is 9.12. The molecule has 4 rings (SSSR count). The number of benzene rings is 2. The first-order valence-corrected chi connectivity index (χ1v) is 9.12. The molecule has 6 nitrogen and oxygen atoms in total. The fraction of sp³-hybridized carbons (Fsp3) is 0.130. The minimum absolute atomic E-state index is 0.106. The number of fused-ring (bicyclic) bond motifs is 1. The van der Waals surface area contributed by atoms with E-state index in [-0.39, 0.29) is 24.1 Å². The highest BCUT2D eigenvalue weighted by molar-refractivity contribution is 6.14. The number of carbonyl (C=O) groups is 2. The van der Waals surface area contributed by atoms with E-state index in [1.54, 1.807) is 48.4 Å². The van der Waals surface area contributed by atoms with Gasteiger partial charge in [0.25, 0.3) is 5.91 Å². The van der Waals surface area contributed by atoms with Crippen molar-refractivity contribution in [1.29, 1.82) is 0 Å². The molecule has 1 aliphatic rings. The van der Waals surface area contributed by atoms with E-state index in [4.69, 9.17) is 13.9 Å². The summed E-state index contributed by atoms with van der Waals surface area (Å²) in [7, 11) is 1.73. The van der Waals surface area contributed by atoms with Crippen LogP contribution in [0.4, 0.5) is 0 Å². The lowest BCUT2D eigenvalue weighted by atomic mass is 10.1. The van der Waals surface area contributed by atoms with Gasteiger partial charge in [-0.2, -0.15) is 0 Å². The monoisotopic (exact) mass is 389 g/mol. The molecular weight excluding hydrogens is 370 g/mol. The summed E-state index contributed by atoms with van der Waals surface area (Å²) in [6, 6.07) is 18.1. The van der Waals surface area contributed by atoms with Gasteiger partial charge in [-0.25, -0.2) is 0 Å². The fourth-order valence-electron chi connectivity index (χ4n) is 2.96. The summed E-state index contributed by atoms with van der Waals surface area (Å²) in [4.78, 5) is 26.4. The van der Waals surface area contributed by atoms with E-state index < -0.39 is 0 Å². The molecule has 0 atom stereocenters. The number of hydrogen-bond donors (Lipinski definition) is 0. The van der Waals surface area contributed by atoms with Crippen LogP contribution in [-0.2, 0) is 11.3 Å². The molecule has 29 heavy (non-hydrogen) atoms. The highest BCUT2D eigenvalue weighted by Crippen LogP contribution is 2.34. The zero-order valence-corrected chi connectivity index (χ0v) is 15.8. The Kier molecular flexibility index (Phi) is 5.16. The molecule has 1 amide bonds. The summed E-state index contributed by atoms with van der Waals surface area (Å²) < 4.78 is 16.5. The number of ketones is 1. The molecule has 1 aromatic heterocycles. The van der Waals surface area contributed by atoms with Gasteiger partial charge in [-0.15, -0.1) is 0 Å². The summed E-state index contributed by atoms with van der Waals surface area (Å²) in [6.07, 6.45) is 3.07. The molecule has 2 aromatic carbocycles. The van der Waals surface area contributed by atoms with Gasteiger partial charge in [0.2, 0.25) is 5.78 Å². The van der Waals surface area contributed by atoms with Crippen molar-refractivity contribution in [2.75, 3.05) is 13.7 Å². The van der Waals surface area contributed by atoms with Crippen LogP contribution in [0.15, 0.2) is 77.1 Å². The minimum Gasteiger partial charge on any atom is -0.484 e. The van der Waals surface area contributed by atoms with Gasteiger partial charge in [0.05, 0.1) is 11.8 Å². The molecule has 0 fully saturated rings. The second-order valence-corrected chi connectivity index (χ2v) is 6.64. The SMILES string of the molecule is CN(Cc1ccccc1)C(=O)COc1ccc2c(c1)OC(=Cc1ccco1)C2=O. The first-order chi connectivity index (χ1) is 14.1. The van der Waals surface area contributed by atoms with Crippen molar-refractivity contribution >= 4 is 17.8 Å². The Labute approximate surface area is 168 Å². The van der Waals surface area contributed by atoms with Crippen molar-refractivity contribution in [3.05, 3.63) is 89.6 Å². The van der Waals surface area contributed by atoms with Gasteiger partial charge in [-0.3, -0.25) is 9.59 Å². The van der Waals surface area contributed by atoms with E-state index in [9.17, 15) is 9.59 Å². The van der Waals surface area contributed by atoms with Gasteiger partial charge >= 0.3 is 0 Å². The highest BCUT2D eigenvalue weighted by atomic mass is 16.5. The van der Waals surface area contributed by atoms with Crippen LogP contribution in [0.1, 0.15) is 21.7 Å². The number of ether oxygens (including phenoxy) is 2. The van der Waals surface area contributed by atoms with Gasteiger partial charge in [-0.05, 0) is 29.8 Å². The number of rotatable bonds is 6. The van der Waals surface area contributed by atoms with E-state index in [0.29, 0.717) is 29.4 Å². The van der Waals surface area contributed by atoms with Crippen LogP contribution in [0.3, 0.4) is 0 Å². The van der Waals surface area contributed by atoms with Gasteiger partial charge in [0, 0.05) is 25.7 Å². The van der Waals surface area contributed by atoms with Crippen LogP contribution in [0.25, 0.3) is 6.08 Å². The lowest BCUT2D eigenvalue weighted by molar-refractivity contribution is -0.132. The number of likely N-dealkylation sites (N-methyl/N-ethyl adjacent to an activating group) is 1. The molecule has 0 unspecified atom stereocenters. The summed E-state index contributed by atoms with van der Waals surface area (Å²) in [5.74, 6) is 1.20. The number of carbonyl (C=O) groups excluding carboxylic acids is 2. The zero-order chi connectivity index (χ0) is 20.2. The molecule has 1 aliphatic heterocycles.